The predicted octanol–water partition coefficient (Wildman–Crippen LogP) is 4.38. The van der Waals surface area contributed by atoms with Gasteiger partial charge in [0, 0.05) is 5.75 Å². The maximum atomic E-state index is 12.9. The lowest BCUT2D eigenvalue weighted by Crippen LogP contribution is -1.84. The van der Waals surface area contributed by atoms with Crippen molar-refractivity contribution in [3.8, 4) is 17.3 Å². The fourth-order valence-electron chi connectivity index (χ4n) is 2.03. The average molecular weight is 309 g/mol. The maximum Gasteiger partial charge on any atom is 0.166 e. The van der Waals surface area contributed by atoms with E-state index in [1.165, 1.54) is 12.1 Å². The molecule has 22 heavy (non-hydrogen) atoms. The molecule has 0 spiro atoms. The molecular formula is C17H12FN3S. The molecule has 0 fully saturated rings. The van der Waals surface area contributed by atoms with Crippen LogP contribution >= 0.6 is 11.8 Å². The summed E-state index contributed by atoms with van der Waals surface area (Å²) >= 11 is 1.56. The van der Waals surface area contributed by atoms with Crippen LogP contribution in [0.5, 0.6) is 0 Å². The molecule has 0 aliphatic carbocycles. The van der Waals surface area contributed by atoms with Crippen LogP contribution in [0.1, 0.15) is 11.1 Å². The molecule has 0 unspecified atom stereocenters. The third-order valence-corrected chi connectivity index (χ3v) is 4.10. The van der Waals surface area contributed by atoms with Gasteiger partial charge in [0.15, 0.2) is 5.16 Å². The lowest BCUT2D eigenvalue weighted by molar-refractivity contribution is 0.628. The van der Waals surface area contributed by atoms with Crippen molar-refractivity contribution in [2.24, 2.45) is 0 Å². The highest BCUT2D eigenvalue weighted by Crippen LogP contribution is 2.24. The summed E-state index contributed by atoms with van der Waals surface area (Å²) in [6.07, 6.45) is 1.74. The number of aromatic nitrogens is 2. The number of rotatable bonds is 4. The summed E-state index contributed by atoms with van der Waals surface area (Å²) in [5, 5.41) is 9.69. The number of nitrogens with zero attached hydrogens (tertiary/aromatic N) is 2. The lowest BCUT2D eigenvalue weighted by atomic mass is 10.2. The van der Waals surface area contributed by atoms with E-state index in [9.17, 15) is 4.39 Å². The van der Waals surface area contributed by atoms with Crippen LogP contribution in [0.15, 0.2) is 59.9 Å². The van der Waals surface area contributed by atoms with E-state index in [1.54, 1.807) is 36.2 Å². The van der Waals surface area contributed by atoms with Gasteiger partial charge in [-0.3, -0.25) is 0 Å². The second-order valence-corrected chi connectivity index (χ2v) is 5.67. The van der Waals surface area contributed by atoms with Crippen LogP contribution in [0.2, 0.25) is 0 Å². The van der Waals surface area contributed by atoms with Gasteiger partial charge >= 0.3 is 0 Å². The van der Waals surface area contributed by atoms with Crippen LogP contribution < -0.4 is 0 Å². The fraction of sp³-hybridized carbons (Fsp3) is 0.0588. The zero-order chi connectivity index (χ0) is 15.4. The van der Waals surface area contributed by atoms with Gasteiger partial charge in [0.2, 0.25) is 0 Å². The maximum absolute atomic E-state index is 12.9. The topological polar surface area (TPSA) is 52.5 Å². The molecule has 1 N–H and O–H groups in total. The first-order valence-corrected chi connectivity index (χ1v) is 7.66. The fourth-order valence-corrected chi connectivity index (χ4v) is 2.83. The standard InChI is InChI=1S/C17H12FN3S/c18-15-6-4-14(5-7-15)16-10-20-17(21-16)22-11-13-3-1-2-12(8-13)9-19/h1-8,10H,11H2,(H,20,21). The monoisotopic (exact) mass is 309 g/mol. The largest absolute Gasteiger partial charge is 0.333 e. The molecule has 1 aromatic heterocycles. The summed E-state index contributed by atoms with van der Waals surface area (Å²) < 4.78 is 12.9. The minimum atomic E-state index is -0.254. The minimum Gasteiger partial charge on any atom is -0.333 e. The number of H-pyrrole nitrogens is 1. The molecule has 0 saturated carbocycles. The highest BCUT2D eigenvalue weighted by atomic mass is 32.2. The number of benzene rings is 2. The molecule has 0 radical (unpaired) electrons. The normalized spacial score (nSPS) is 10.4. The number of thioether (sulfide) groups is 1. The molecule has 0 saturated heterocycles. The van der Waals surface area contributed by atoms with Crippen molar-refractivity contribution in [2.75, 3.05) is 0 Å². The third kappa shape index (κ3) is 3.35. The Kier molecular flexibility index (Phi) is 4.22. The van der Waals surface area contributed by atoms with Gasteiger partial charge in [0.25, 0.3) is 0 Å². The molecule has 108 valence electrons. The Morgan fingerprint density at radius 1 is 1.18 bits per heavy atom. The Morgan fingerprint density at radius 2 is 2.00 bits per heavy atom. The van der Waals surface area contributed by atoms with Crippen molar-refractivity contribution in [1.82, 2.24) is 9.97 Å². The first-order chi connectivity index (χ1) is 10.7. The molecule has 0 amide bonds. The highest BCUT2D eigenvalue weighted by molar-refractivity contribution is 7.98. The van der Waals surface area contributed by atoms with Crippen molar-refractivity contribution in [1.29, 1.82) is 5.26 Å². The van der Waals surface area contributed by atoms with Gasteiger partial charge in [-0.2, -0.15) is 5.26 Å². The van der Waals surface area contributed by atoms with E-state index in [0.29, 0.717) is 5.56 Å². The van der Waals surface area contributed by atoms with Gasteiger partial charge in [-0.25, -0.2) is 9.37 Å². The Morgan fingerprint density at radius 3 is 2.77 bits per heavy atom. The van der Waals surface area contributed by atoms with Gasteiger partial charge in [-0.1, -0.05) is 23.9 Å². The van der Waals surface area contributed by atoms with E-state index in [1.807, 2.05) is 18.2 Å². The van der Waals surface area contributed by atoms with Crippen molar-refractivity contribution in [2.45, 2.75) is 10.9 Å². The smallest absolute Gasteiger partial charge is 0.166 e. The highest BCUT2D eigenvalue weighted by Gasteiger charge is 2.05. The molecule has 3 nitrogen and oxygen atoms in total. The summed E-state index contributed by atoms with van der Waals surface area (Å²) in [7, 11) is 0. The van der Waals surface area contributed by atoms with Crippen molar-refractivity contribution in [3.63, 3.8) is 0 Å². The number of hydrogen-bond acceptors (Lipinski definition) is 3. The predicted molar refractivity (Wildman–Crippen MR) is 84.7 cm³/mol. The van der Waals surface area contributed by atoms with E-state index >= 15 is 0 Å². The van der Waals surface area contributed by atoms with Gasteiger partial charge in [0.1, 0.15) is 5.82 Å². The molecule has 1 heterocycles. The Labute approximate surface area is 131 Å². The van der Waals surface area contributed by atoms with Crippen molar-refractivity contribution in [3.05, 3.63) is 71.7 Å². The summed E-state index contributed by atoms with van der Waals surface area (Å²) in [4.78, 5) is 7.53. The SMILES string of the molecule is N#Cc1cccc(CSc2ncc(-c3ccc(F)cc3)[nH]2)c1. The average Bonchev–Trinajstić information content (AvgIpc) is 3.03. The summed E-state index contributed by atoms with van der Waals surface area (Å²) in [5.74, 6) is 0.474. The van der Waals surface area contributed by atoms with Crippen LogP contribution in [0.25, 0.3) is 11.3 Å². The second-order valence-electron chi connectivity index (χ2n) is 4.71. The lowest BCUT2D eigenvalue weighted by Gasteiger charge is -2.00. The molecule has 0 aliphatic heterocycles. The van der Waals surface area contributed by atoms with E-state index in [0.717, 1.165) is 27.7 Å². The van der Waals surface area contributed by atoms with Crippen LogP contribution in [-0.2, 0) is 5.75 Å². The third-order valence-electron chi connectivity index (χ3n) is 3.14. The van der Waals surface area contributed by atoms with Gasteiger partial charge in [0.05, 0.1) is 23.5 Å². The summed E-state index contributed by atoms with van der Waals surface area (Å²) in [6.45, 7) is 0. The minimum absolute atomic E-state index is 0.254. The molecule has 0 bridgehead atoms. The molecule has 0 atom stereocenters. The number of nitrogens with one attached hydrogen (secondary N) is 1. The zero-order valence-electron chi connectivity index (χ0n) is 11.6. The number of nitriles is 1. The number of aromatic amines is 1. The van der Waals surface area contributed by atoms with Gasteiger partial charge in [-0.15, -0.1) is 0 Å². The zero-order valence-corrected chi connectivity index (χ0v) is 12.4. The molecule has 5 heteroatoms. The van der Waals surface area contributed by atoms with Crippen LogP contribution in [0.3, 0.4) is 0 Å². The van der Waals surface area contributed by atoms with E-state index in [-0.39, 0.29) is 5.82 Å². The summed E-state index contributed by atoms with van der Waals surface area (Å²) in [5.41, 5.74) is 3.48. The number of hydrogen-bond donors (Lipinski definition) is 1. The number of halogens is 1. The molecule has 3 aromatic rings. The van der Waals surface area contributed by atoms with Crippen LogP contribution in [0.4, 0.5) is 4.39 Å². The van der Waals surface area contributed by atoms with Gasteiger partial charge < -0.3 is 4.98 Å². The Balaban J connectivity index is 1.69. The van der Waals surface area contributed by atoms with Gasteiger partial charge in [-0.05, 0) is 47.5 Å². The molecule has 2 aromatic carbocycles. The van der Waals surface area contributed by atoms with Crippen LogP contribution in [-0.4, -0.2) is 9.97 Å². The Hall–Kier alpha value is -2.58. The van der Waals surface area contributed by atoms with Crippen LogP contribution in [0, 0.1) is 17.1 Å². The second kappa shape index (κ2) is 6.46. The first kappa shape index (κ1) is 14.4. The molecule has 0 aliphatic rings. The summed E-state index contributed by atoms with van der Waals surface area (Å²) in [6, 6.07) is 15.9. The number of imidazole rings is 1. The molecular weight excluding hydrogens is 297 g/mol. The quantitative estimate of drug-likeness (QED) is 0.728. The Bertz CT molecular complexity index is 818. The van der Waals surface area contributed by atoms with E-state index in [4.69, 9.17) is 5.26 Å². The van der Waals surface area contributed by atoms with E-state index in [2.05, 4.69) is 16.0 Å². The van der Waals surface area contributed by atoms with E-state index < -0.39 is 0 Å². The van der Waals surface area contributed by atoms with Crippen molar-refractivity contribution < 1.29 is 4.39 Å². The first-order valence-electron chi connectivity index (χ1n) is 6.67. The molecule has 3 rings (SSSR count). The van der Waals surface area contributed by atoms with Crippen molar-refractivity contribution >= 4 is 11.8 Å².